The van der Waals surface area contributed by atoms with Gasteiger partial charge in [-0.05, 0) is 24.8 Å². The third-order valence-electron chi connectivity index (χ3n) is 2.26. The SMILES string of the molecule is COC(=O)c1nc(-c2cscc2C)sc1C. The van der Waals surface area contributed by atoms with E-state index in [-0.39, 0.29) is 5.97 Å². The van der Waals surface area contributed by atoms with Gasteiger partial charge >= 0.3 is 5.97 Å². The summed E-state index contributed by atoms with van der Waals surface area (Å²) in [5, 5.41) is 5.01. The number of thiazole rings is 1. The Morgan fingerprint density at radius 1 is 1.38 bits per heavy atom. The van der Waals surface area contributed by atoms with Gasteiger partial charge in [-0.2, -0.15) is 11.3 Å². The lowest BCUT2D eigenvalue weighted by molar-refractivity contribution is 0.0594. The summed E-state index contributed by atoms with van der Waals surface area (Å²) in [5.41, 5.74) is 2.72. The summed E-state index contributed by atoms with van der Waals surface area (Å²) in [7, 11) is 1.37. The van der Waals surface area contributed by atoms with Crippen molar-refractivity contribution in [3.63, 3.8) is 0 Å². The molecular weight excluding hydrogens is 242 g/mol. The topological polar surface area (TPSA) is 39.2 Å². The van der Waals surface area contributed by atoms with Crippen molar-refractivity contribution in [3.05, 3.63) is 26.9 Å². The molecule has 0 unspecified atom stereocenters. The van der Waals surface area contributed by atoms with Gasteiger partial charge < -0.3 is 4.74 Å². The highest BCUT2D eigenvalue weighted by molar-refractivity contribution is 7.16. The third kappa shape index (κ3) is 1.88. The Bertz CT molecular complexity index is 528. The number of carbonyl (C=O) groups excluding carboxylic acids is 1. The second-order valence-electron chi connectivity index (χ2n) is 3.38. The number of aromatic nitrogens is 1. The van der Waals surface area contributed by atoms with E-state index in [4.69, 9.17) is 0 Å². The van der Waals surface area contributed by atoms with Crippen molar-refractivity contribution in [2.24, 2.45) is 0 Å². The van der Waals surface area contributed by atoms with Gasteiger partial charge in [-0.15, -0.1) is 11.3 Å². The summed E-state index contributed by atoms with van der Waals surface area (Å²) in [5.74, 6) is -0.368. The quantitative estimate of drug-likeness (QED) is 0.771. The van der Waals surface area contributed by atoms with Crippen molar-refractivity contribution in [3.8, 4) is 10.6 Å². The molecule has 2 aromatic rings. The Morgan fingerprint density at radius 3 is 2.69 bits per heavy atom. The summed E-state index contributed by atoms with van der Waals surface area (Å²) in [4.78, 5) is 16.7. The highest BCUT2D eigenvalue weighted by Gasteiger charge is 2.17. The molecule has 16 heavy (non-hydrogen) atoms. The van der Waals surface area contributed by atoms with E-state index in [9.17, 15) is 4.79 Å². The lowest BCUT2D eigenvalue weighted by atomic mass is 10.2. The molecule has 0 atom stereocenters. The molecule has 2 rings (SSSR count). The van der Waals surface area contributed by atoms with E-state index in [1.807, 2.05) is 13.8 Å². The first kappa shape index (κ1) is 11.3. The molecule has 0 spiro atoms. The van der Waals surface area contributed by atoms with Crippen molar-refractivity contribution in [1.82, 2.24) is 4.98 Å². The first-order valence-corrected chi connectivity index (χ1v) is 6.48. The minimum Gasteiger partial charge on any atom is -0.464 e. The van der Waals surface area contributed by atoms with Crippen LogP contribution in [0.25, 0.3) is 10.6 Å². The number of nitrogens with zero attached hydrogens (tertiary/aromatic N) is 1. The highest BCUT2D eigenvalue weighted by Crippen LogP contribution is 2.32. The number of thiophene rings is 1. The zero-order chi connectivity index (χ0) is 11.7. The number of ether oxygens (including phenoxy) is 1. The van der Waals surface area contributed by atoms with E-state index in [0.717, 1.165) is 15.4 Å². The van der Waals surface area contributed by atoms with E-state index in [0.29, 0.717) is 5.69 Å². The van der Waals surface area contributed by atoms with Crippen LogP contribution in [0.5, 0.6) is 0 Å². The van der Waals surface area contributed by atoms with Crippen LogP contribution in [-0.4, -0.2) is 18.1 Å². The summed E-state index contributed by atoms with van der Waals surface area (Å²) < 4.78 is 4.69. The maximum absolute atomic E-state index is 11.4. The number of methoxy groups -OCH3 is 1. The van der Waals surface area contributed by atoms with Gasteiger partial charge in [0.2, 0.25) is 0 Å². The lowest BCUT2D eigenvalue weighted by Gasteiger charge is -1.94. The second-order valence-corrected chi connectivity index (χ2v) is 5.33. The average molecular weight is 253 g/mol. The molecule has 0 radical (unpaired) electrons. The van der Waals surface area contributed by atoms with Crippen molar-refractivity contribution in [2.45, 2.75) is 13.8 Å². The minimum absolute atomic E-state index is 0.368. The molecule has 5 heteroatoms. The smallest absolute Gasteiger partial charge is 0.357 e. The number of hydrogen-bond donors (Lipinski definition) is 0. The normalized spacial score (nSPS) is 10.4. The largest absolute Gasteiger partial charge is 0.464 e. The molecule has 0 saturated heterocycles. The van der Waals surface area contributed by atoms with Gasteiger partial charge in [0.1, 0.15) is 5.01 Å². The van der Waals surface area contributed by atoms with Gasteiger partial charge in [-0.25, -0.2) is 9.78 Å². The van der Waals surface area contributed by atoms with E-state index in [2.05, 4.69) is 20.5 Å². The number of hydrogen-bond acceptors (Lipinski definition) is 5. The fourth-order valence-electron chi connectivity index (χ4n) is 1.38. The Labute approximate surface area is 102 Å². The zero-order valence-corrected chi connectivity index (χ0v) is 10.9. The minimum atomic E-state index is -0.368. The molecule has 0 fully saturated rings. The molecule has 0 aliphatic heterocycles. The Hall–Kier alpha value is -1.20. The van der Waals surface area contributed by atoms with E-state index in [1.54, 1.807) is 11.3 Å². The molecule has 0 bridgehead atoms. The predicted octanol–water partition coefficient (Wildman–Crippen LogP) is 3.28. The molecule has 2 heterocycles. The summed E-state index contributed by atoms with van der Waals surface area (Å²) in [6.45, 7) is 3.93. The lowest BCUT2D eigenvalue weighted by Crippen LogP contribution is -2.03. The molecule has 0 N–H and O–H groups in total. The maximum atomic E-state index is 11.4. The van der Waals surface area contributed by atoms with Gasteiger partial charge in [-0.3, -0.25) is 0 Å². The van der Waals surface area contributed by atoms with Crippen LogP contribution in [-0.2, 0) is 4.74 Å². The van der Waals surface area contributed by atoms with Gasteiger partial charge in [0, 0.05) is 15.8 Å². The van der Waals surface area contributed by atoms with Crippen LogP contribution in [0, 0.1) is 13.8 Å². The van der Waals surface area contributed by atoms with Crippen LogP contribution in [0.2, 0.25) is 0 Å². The maximum Gasteiger partial charge on any atom is 0.357 e. The molecule has 0 amide bonds. The Balaban J connectivity index is 2.46. The molecular formula is C11H11NO2S2. The summed E-state index contributed by atoms with van der Waals surface area (Å²) >= 11 is 3.17. The number of aryl methyl sites for hydroxylation is 2. The molecule has 84 valence electrons. The van der Waals surface area contributed by atoms with Crippen LogP contribution in [0.3, 0.4) is 0 Å². The zero-order valence-electron chi connectivity index (χ0n) is 9.23. The molecule has 2 aromatic heterocycles. The second kappa shape index (κ2) is 4.35. The third-order valence-corrected chi connectivity index (χ3v) is 4.13. The van der Waals surface area contributed by atoms with Crippen LogP contribution < -0.4 is 0 Å². The van der Waals surface area contributed by atoms with Crippen LogP contribution in [0.15, 0.2) is 10.8 Å². The first-order chi connectivity index (χ1) is 7.63. The molecule has 0 aliphatic carbocycles. The van der Waals surface area contributed by atoms with Crippen LogP contribution in [0.1, 0.15) is 20.9 Å². The molecule has 0 aromatic carbocycles. The van der Waals surface area contributed by atoms with E-state index >= 15 is 0 Å². The van der Waals surface area contributed by atoms with Crippen molar-refractivity contribution < 1.29 is 9.53 Å². The van der Waals surface area contributed by atoms with Crippen LogP contribution >= 0.6 is 22.7 Å². The fourth-order valence-corrected chi connectivity index (χ4v) is 3.27. The summed E-state index contributed by atoms with van der Waals surface area (Å²) in [6.07, 6.45) is 0. The Morgan fingerprint density at radius 2 is 2.12 bits per heavy atom. The number of esters is 1. The first-order valence-electron chi connectivity index (χ1n) is 4.72. The fraction of sp³-hybridized carbons (Fsp3) is 0.273. The van der Waals surface area contributed by atoms with Crippen molar-refractivity contribution in [2.75, 3.05) is 7.11 Å². The van der Waals surface area contributed by atoms with Gasteiger partial charge in [-0.1, -0.05) is 0 Å². The van der Waals surface area contributed by atoms with Gasteiger partial charge in [0.05, 0.1) is 7.11 Å². The monoisotopic (exact) mass is 253 g/mol. The van der Waals surface area contributed by atoms with Crippen molar-refractivity contribution >= 4 is 28.6 Å². The van der Waals surface area contributed by atoms with Gasteiger partial charge in [0.15, 0.2) is 5.69 Å². The Kier molecular flexibility index (Phi) is 3.07. The van der Waals surface area contributed by atoms with Gasteiger partial charge in [0.25, 0.3) is 0 Å². The van der Waals surface area contributed by atoms with Crippen LogP contribution in [0.4, 0.5) is 0 Å². The number of rotatable bonds is 2. The van der Waals surface area contributed by atoms with E-state index < -0.39 is 0 Å². The van der Waals surface area contributed by atoms with Crippen molar-refractivity contribution in [1.29, 1.82) is 0 Å². The molecule has 0 aliphatic rings. The molecule has 0 saturated carbocycles. The highest BCUT2D eigenvalue weighted by atomic mass is 32.1. The summed E-state index contributed by atoms with van der Waals surface area (Å²) in [6, 6.07) is 0. The predicted molar refractivity (Wildman–Crippen MR) is 66.2 cm³/mol. The molecule has 3 nitrogen and oxygen atoms in total. The van der Waals surface area contributed by atoms with E-state index in [1.165, 1.54) is 24.0 Å². The standard InChI is InChI=1S/C11H11NO2S2/c1-6-4-15-5-8(6)10-12-9(7(2)16-10)11(13)14-3/h4-5H,1-3H3. The number of carbonyl (C=O) groups is 1. The average Bonchev–Trinajstić information content (AvgIpc) is 2.83.